The van der Waals surface area contributed by atoms with E-state index in [-0.39, 0.29) is 5.91 Å². The van der Waals surface area contributed by atoms with E-state index in [1.54, 1.807) is 12.3 Å². The molecule has 3 rings (SSSR count). The summed E-state index contributed by atoms with van der Waals surface area (Å²) >= 11 is 0. The summed E-state index contributed by atoms with van der Waals surface area (Å²) in [7, 11) is 0. The highest BCUT2D eigenvalue weighted by Crippen LogP contribution is 2.19. The van der Waals surface area contributed by atoms with Crippen LogP contribution in [-0.4, -0.2) is 22.3 Å². The number of nitrogens with one attached hydrogen (secondary N) is 1. The highest BCUT2D eigenvalue weighted by Gasteiger charge is 2.10. The first-order valence-corrected chi connectivity index (χ1v) is 9.84. The minimum atomic E-state index is -0.114. The minimum absolute atomic E-state index is 0.114. The number of carbonyl (C=O) groups excluding carboxylic acids is 1. The van der Waals surface area contributed by atoms with Crippen LogP contribution in [0.2, 0.25) is 0 Å². The Morgan fingerprint density at radius 3 is 2.45 bits per heavy atom. The standard InChI is InChI=1S/C23H27N3O3/c1-4-26-17(3)20(15-25-26)14-24-23(27)19-8-6-7-18(13-19)16-29-22-11-9-21(10-12-22)28-5-2/h6-13,15H,4-5,14,16H2,1-3H3,(H,24,27). The van der Waals surface area contributed by atoms with Crippen molar-refractivity contribution in [1.82, 2.24) is 15.1 Å². The van der Waals surface area contributed by atoms with Gasteiger partial charge in [0.15, 0.2) is 0 Å². The molecule has 6 nitrogen and oxygen atoms in total. The van der Waals surface area contributed by atoms with Crippen molar-refractivity contribution in [2.24, 2.45) is 0 Å². The maximum Gasteiger partial charge on any atom is 0.251 e. The number of rotatable bonds is 9. The molecule has 29 heavy (non-hydrogen) atoms. The zero-order valence-corrected chi connectivity index (χ0v) is 17.1. The maximum absolute atomic E-state index is 12.5. The molecule has 0 aliphatic heterocycles. The molecular weight excluding hydrogens is 366 g/mol. The molecule has 152 valence electrons. The van der Waals surface area contributed by atoms with E-state index in [1.165, 1.54) is 0 Å². The Hall–Kier alpha value is -3.28. The van der Waals surface area contributed by atoms with Crippen molar-refractivity contribution < 1.29 is 14.3 Å². The number of benzene rings is 2. The Morgan fingerprint density at radius 1 is 1.07 bits per heavy atom. The topological polar surface area (TPSA) is 65.4 Å². The monoisotopic (exact) mass is 393 g/mol. The molecule has 1 aromatic heterocycles. The number of hydrogen-bond acceptors (Lipinski definition) is 4. The summed E-state index contributed by atoms with van der Waals surface area (Å²) in [5.74, 6) is 1.46. The third-order valence-electron chi connectivity index (χ3n) is 4.67. The second-order valence-corrected chi connectivity index (χ2v) is 6.65. The molecule has 0 bridgehead atoms. The third kappa shape index (κ3) is 5.38. The highest BCUT2D eigenvalue weighted by atomic mass is 16.5. The first kappa shape index (κ1) is 20.5. The van der Waals surface area contributed by atoms with Gasteiger partial charge in [0.05, 0.1) is 12.8 Å². The molecule has 3 aromatic rings. The number of aryl methyl sites for hydroxylation is 1. The van der Waals surface area contributed by atoms with Crippen LogP contribution in [0.15, 0.2) is 54.7 Å². The van der Waals surface area contributed by atoms with Gasteiger partial charge in [0, 0.05) is 29.9 Å². The normalized spacial score (nSPS) is 10.6. The molecule has 0 spiro atoms. The van der Waals surface area contributed by atoms with Gasteiger partial charge in [-0.3, -0.25) is 9.48 Å². The Labute approximate surface area is 171 Å². The van der Waals surface area contributed by atoms with E-state index in [4.69, 9.17) is 9.47 Å². The molecule has 0 aliphatic carbocycles. The molecule has 6 heteroatoms. The van der Waals surface area contributed by atoms with Crippen molar-refractivity contribution in [3.8, 4) is 11.5 Å². The van der Waals surface area contributed by atoms with Crippen molar-refractivity contribution in [3.63, 3.8) is 0 Å². The number of hydrogen-bond donors (Lipinski definition) is 1. The quantitative estimate of drug-likeness (QED) is 0.594. The van der Waals surface area contributed by atoms with Crippen LogP contribution in [0.1, 0.15) is 41.0 Å². The molecule has 0 atom stereocenters. The zero-order valence-electron chi connectivity index (χ0n) is 17.1. The molecular formula is C23H27N3O3. The van der Waals surface area contributed by atoms with Crippen LogP contribution >= 0.6 is 0 Å². The molecule has 1 amide bonds. The van der Waals surface area contributed by atoms with Crippen LogP contribution in [0.4, 0.5) is 0 Å². The molecule has 2 aromatic carbocycles. The van der Waals surface area contributed by atoms with E-state index >= 15 is 0 Å². The SMILES string of the molecule is CCOc1ccc(OCc2cccc(C(=O)NCc3cnn(CC)c3C)c2)cc1. The van der Waals surface area contributed by atoms with Crippen molar-refractivity contribution in [2.45, 2.75) is 40.5 Å². The van der Waals surface area contributed by atoms with Crippen molar-refractivity contribution in [2.75, 3.05) is 6.61 Å². The zero-order chi connectivity index (χ0) is 20.6. The Balaban J connectivity index is 1.56. The van der Waals surface area contributed by atoms with E-state index in [0.29, 0.717) is 25.3 Å². The van der Waals surface area contributed by atoms with Gasteiger partial charge in [-0.2, -0.15) is 5.10 Å². The third-order valence-corrected chi connectivity index (χ3v) is 4.67. The molecule has 0 aliphatic rings. The molecule has 1 N–H and O–H groups in total. The summed E-state index contributed by atoms with van der Waals surface area (Å²) in [5, 5.41) is 7.27. The van der Waals surface area contributed by atoms with Crippen LogP contribution in [0.25, 0.3) is 0 Å². The van der Waals surface area contributed by atoms with Gasteiger partial charge in [-0.15, -0.1) is 0 Å². The van der Waals surface area contributed by atoms with Gasteiger partial charge in [0.1, 0.15) is 18.1 Å². The van der Waals surface area contributed by atoms with E-state index < -0.39 is 0 Å². The number of amides is 1. The van der Waals surface area contributed by atoms with Gasteiger partial charge >= 0.3 is 0 Å². The summed E-state index contributed by atoms with van der Waals surface area (Å²) in [6, 6.07) is 15.0. The molecule has 1 heterocycles. The predicted octanol–water partition coefficient (Wildman–Crippen LogP) is 4.12. The summed E-state index contributed by atoms with van der Waals surface area (Å²) in [6.45, 7) is 8.30. The summed E-state index contributed by atoms with van der Waals surface area (Å²) in [5.41, 5.74) is 3.64. The number of aromatic nitrogens is 2. The Bertz CT molecular complexity index is 948. The fraction of sp³-hybridized carbons (Fsp3) is 0.304. The number of nitrogens with zero attached hydrogens (tertiary/aromatic N) is 2. The van der Waals surface area contributed by atoms with Gasteiger partial charge in [0.2, 0.25) is 0 Å². The Kier molecular flexibility index (Phi) is 6.89. The van der Waals surface area contributed by atoms with Crippen LogP contribution < -0.4 is 14.8 Å². The lowest BCUT2D eigenvalue weighted by Gasteiger charge is -2.10. The average Bonchev–Trinajstić information content (AvgIpc) is 3.11. The van der Waals surface area contributed by atoms with Crippen molar-refractivity contribution in [3.05, 3.63) is 77.1 Å². The van der Waals surface area contributed by atoms with Crippen LogP contribution in [0.3, 0.4) is 0 Å². The van der Waals surface area contributed by atoms with E-state index in [2.05, 4.69) is 10.4 Å². The van der Waals surface area contributed by atoms with Gasteiger partial charge in [0.25, 0.3) is 5.91 Å². The number of ether oxygens (including phenoxy) is 2. The molecule has 0 saturated carbocycles. The lowest BCUT2D eigenvalue weighted by atomic mass is 10.1. The van der Waals surface area contributed by atoms with Crippen molar-refractivity contribution >= 4 is 5.91 Å². The van der Waals surface area contributed by atoms with E-state index in [0.717, 1.165) is 34.9 Å². The fourth-order valence-corrected chi connectivity index (χ4v) is 3.02. The number of carbonyl (C=O) groups is 1. The minimum Gasteiger partial charge on any atom is -0.494 e. The molecule has 0 saturated heterocycles. The Morgan fingerprint density at radius 2 is 1.79 bits per heavy atom. The highest BCUT2D eigenvalue weighted by molar-refractivity contribution is 5.94. The largest absolute Gasteiger partial charge is 0.494 e. The first-order valence-electron chi connectivity index (χ1n) is 9.84. The summed E-state index contributed by atoms with van der Waals surface area (Å²) < 4.78 is 13.2. The smallest absolute Gasteiger partial charge is 0.251 e. The summed E-state index contributed by atoms with van der Waals surface area (Å²) in [4.78, 5) is 12.5. The van der Waals surface area contributed by atoms with Gasteiger partial charge in [-0.05, 0) is 62.7 Å². The summed E-state index contributed by atoms with van der Waals surface area (Å²) in [6.07, 6.45) is 1.81. The lowest BCUT2D eigenvalue weighted by molar-refractivity contribution is 0.0950. The van der Waals surface area contributed by atoms with Gasteiger partial charge in [-0.1, -0.05) is 12.1 Å². The van der Waals surface area contributed by atoms with Crippen molar-refractivity contribution in [1.29, 1.82) is 0 Å². The lowest BCUT2D eigenvalue weighted by Crippen LogP contribution is -2.23. The molecule has 0 fully saturated rings. The fourth-order valence-electron chi connectivity index (χ4n) is 3.02. The van der Waals surface area contributed by atoms with Crippen LogP contribution in [0, 0.1) is 6.92 Å². The first-order chi connectivity index (χ1) is 14.1. The van der Waals surface area contributed by atoms with E-state index in [1.807, 2.05) is 67.9 Å². The predicted molar refractivity (Wildman–Crippen MR) is 112 cm³/mol. The van der Waals surface area contributed by atoms with Crippen LogP contribution in [-0.2, 0) is 19.7 Å². The van der Waals surface area contributed by atoms with Crippen LogP contribution in [0.5, 0.6) is 11.5 Å². The second-order valence-electron chi connectivity index (χ2n) is 6.65. The maximum atomic E-state index is 12.5. The van der Waals surface area contributed by atoms with Gasteiger partial charge in [-0.25, -0.2) is 0 Å². The second kappa shape index (κ2) is 9.78. The van der Waals surface area contributed by atoms with Gasteiger partial charge < -0.3 is 14.8 Å². The average molecular weight is 393 g/mol. The van der Waals surface area contributed by atoms with E-state index in [9.17, 15) is 4.79 Å². The molecule has 0 radical (unpaired) electrons. The molecule has 0 unspecified atom stereocenters.